The van der Waals surface area contributed by atoms with Crippen LogP contribution in [-0.2, 0) is 4.74 Å². The predicted molar refractivity (Wildman–Crippen MR) is 96.0 cm³/mol. The molecule has 1 N–H and O–H groups in total. The van der Waals surface area contributed by atoms with Crippen LogP contribution in [0.5, 0.6) is 0 Å². The van der Waals surface area contributed by atoms with Gasteiger partial charge in [0.25, 0.3) is 5.91 Å². The largest absolute Gasteiger partial charge is 0.379 e. The minimum absolute atomic E-state index is 0.0137. The molecule has 0 bridgehead atoms. The van der Waals surface area contributed by atoms with Crippen molar-refractivity contribution in [2.75, 3.05) is 44.3 Å². The summed E-state index contributed by atoms with van der Waals surface area (Å²) in [4.78, 5) is 25.7. The number of carbonyl (C=O) groups is 1. The zero-order valence-electron chi connectivity index (χ0n) is 15.0. The van der Waals surface area contributed by atoms with Crippen LogP contribution >= 0.6 is 0 Å². The maximum Gasteiger partial charge on any atom is 0.274 e. The van der Waals surface area contributed by atoms with E-state index >= 15 is 0 Å². The number of likely N-dealkylation sites (tertiary alicyclic amines) is 1. The van der Waals surface area contributed by atoms with Gasteiger partial charge in [0, 0.05) is 49.7 Å². The number of nitrogens with zero attached hydrogens (tertiary/aromatic N) is 5. The van der Waals surface area contributed by atoms with E-state index in [4.69, 9.17) is 4.74 Å². The number of amides is 1. The number of H-pyrrole nitrogens is 1. The average Bonchev–Trinajstić information content (AvgIpc) is 3.00. The van der Waals surface area contributed by atoms with Gasteiger partial charge in [0.2, 0.25) is 5.95 Å². The molecule has 2 aromatic rings. The number of aromatic amines is 1. The van der Waals surface area contributed by atoms with E-state index in [0.717, 1.165) is 44.1 Å². The zero-order chi connectivity index (χ0) is 18.0. The molecule has 2 fully saturated rings. The molecule has 2 aromatic heterocycles. The minimum Gasteiger partial charge on any atom is -0.379 e. The van der Waals surface area contributed by atoms with Gasteiger partial charge in [-0.1, -0.05) is 0 Å². The predicted octanol–water partition coefficient (Wildman–Crippen LogP) is 1.27. The monoisotopic (exact) mass is 356 g/mol. The molecular weight excluding hydrogens is 332 g/mol. The first-order valence-electron chi connectivity index (χ1n) is 9.06. The van der Waals surface area contributed by atoms with Crippen molar-refractivity contribution in [3.8, 4) is 0 Å². The number of hydrogen-bond donors (Lipinski definition) is 1. The quantitative estimate of drug-likeness (QED) is 0.872. The number of hydrogen-bond acceptors (Lipinski definition) is 6. The number of aryl methyl sites for hydroxylation is 1. The molecule has 8 heteroatoms. The van der Waals surface area contributed by atoms with Crippen LogP contribution < -0.4 is 4.90 Å². The van der Waals surface area contributed by atoms with Gasteiger partial charge in [-0.3, -0.25) is 9.89 Å². The van der Waals surface area contributed by atoms with Crippen molar-refractivity contribution in [3.63, 3.8) is 0 Å². The SMILES string of the molecule is Cc1cc(C(=O)N2CCC[C@]3(COCCN(c4ncccn4)C3)C2)n[nH]1. The van der Waals surface area contributed by atoms with Crippen LogP contribution in [0.1, 0.15) is 29.0 Å². The summed E-state index contributed by atoms with van der Waals surface area (Å²) in [7, 11) is 0. The molecule has 8 nitrogen and oxygen atoms in total. The second-order valence-electron chi connectivity index (χ2n) is 7.29. The number of nitrogens with one attached hydrogen (secondary N) is 1. The topological polar surface area (TPSA) is 87.2 Å². The molecule has 0 radical (unpaired) electrons. The fraction of sp³-hybridized carbons (Fsp3) is 0.556. The van der Waals surface area contributed by atoms with Crippen molar-refractivity contribution in [3.05, 3.63) is 35.9 Å². The molecule has 4 heterocycles. The lowest BCUT2D eigenvalue weighted by atomic mass is 9.80. The van der Waals surface area contributed by atoms with Gasteiger partial charge in [-0.25, -0.2) is 9.97 Å². The second kappa shape index (κ2) is 7.03. The van der Waals surface area contributed by atoms with Crippen LogP contribution in [0.4, 0.5) is 5.95 Å². The molecule has 0 unspecified atom stereocenters. The summed E-state index contributed by atoms with van der Waals surface area (Å²) in [6.45, 7) is 6.18. The smallest absolute Gasteiger partial charge is 0.274 e. The van der Waals surface area contributed by atoms with Crippen LogP contribution in [0.2, 0.25) is 0 Å². The Hall–Kier alpha value is -2.48. The van der Waals surface area contributed by atoms with Crippen LogP contribution in [0.3, 0.4) is 0 Å². The molecule has 0 aromatic carbocycles. The van der Waals surface area contributed by atoms with Crippen molar-refractivity contribution in [2.24, 2.45) is 5.41 Å². The van der Waals surface area contributed by atoms with Gasteiger partial charge < -0.3 is 14.5 Å². The summed E-state index contributed by atoms with van der Waals surface area (Å²) >= 11 is 0. The number of anilines is 1. The van der Waals surface area contributed by atoms with Gasteiger partial charge in [-0.15, -0.1) is 0 Å². The molecule has 0 saturated carbocycles. The average molecular weight is 356 g/mol. The van der Waals surface area contributed by atoms with Crippen LogP contribution in [0.15, 0.2) is 24.5 Å². The number of carbonyl (C=O) groups excluding carboxylic acids is 1. The highest BCUT2D eigenvalue weighted by atomic mass is 16.5. The number of piperidine rings is 1. The van der Waals surface area contributed by atoms with Gasteiger partial charge in [-0.2, -0.15) is 5.10 Å². The van der Waals surface area contributed by atoms with E-state index in [1.54, 1.807) is 18.5 Å². The third kappa shape index (κ3) is 3.41. The molecular formula is C18H24N6O2. The van der Waals surface area contributed by atoms with Gasteiger partial charge in [-0.05, 0) is 31.9 Å². The molecule has 2 aliphatic rings. The molecule has 2 aliphatic heterocycles. The van der Waals surface area contributed by atoms with Crippen LogP contribution in [-0.4, -0.2) is 70.4 Å². The lowest BCUT2D eigenvalue weighted by Gasteiger charge is -2.43. The third-order valence-electron chi connectivity index (χ3n) is 5.15. The Balaban J connectivity index is 1.53. The molecule has 2 saturated heterocycles. The van der Waals surface area contributed by atoms with E-state index in [-0.39, 0.29) is 11.3 Å². The van der Waals surface area contributed by atoms with E-state index in [1.165, 1.54) is 0 Å². The molecule has 4 rings (SSSR count). The maximum absolute atomic E-state index is 12.8. The molecule has 26 heavy (non-hydrogen) atoms. The Morgan fingerprint density at radius 3 is 2.88 bits per heavy atom. The van der Waals surface area contributed by atoms with Gasteiger partial charge in [0.1, 0.15) is 5.69 Å². The summed E-state index contributed by atoms with van der Waals surface area (Å²) in [5, 5.41) is 6.98. The fourth-order valence-corrected chi connectivity index (χ4v) is 3.94. The summed E-state index contributed by atoms with van der Waals surface area (Å²) in [5.74, 6) is 0.712. The standard InChI is InChI=1S/C18H24N6O2/c1-14-10-15(22-21-14)16(25)23-7-2-4-18(11-23)12-24(8-9-26-13-18)17-19-5-3-6-20-17/h3,5-6,10H,2,4,7-9,11-13H2,1H3,(H,21,22)/t18-/m0/s1. The molecule has 1 spiro atoms. The third-order valence-corrected chi connectivity index (χ3v) is 5.15. The lowest BCUT2D eigenvalue weighted by molar-refractivity contribution is 0.0132. The Labute approximate surface area is 152 Å². The minimum atomic E-state index is -0.102. The Morgan fingerprint density at radius 1 is 1.27 bits per heavy atom. The summed E-state index contributed by atoms with van der Waals surface area (Å²) in [5.41, 5.74) is 1.28. The number of aromatic nitrogens is 4. The number of rotatable bonds is 2. The van der Waals surface area contributed by atoms with E-state index in [9.17, 15) is 4.79 Å². The first kappa shape index (κ1) is 17.0. The Kier molecular flexibility index (Phi) is 4.58. The van der Waals surface area contributed by atoms with E-state index in [2.05, 4.69) is 25.1 Å². The highest BCUT2D eigenvalue weighted by Gasteiger charge is 2.41. The fourth-order valence-electron chi connectivity index (χ4n) is 3.94. The van der Waals surface area contributed by atoms with Crippen LogP contribution in [0.25, 0.3) is 0 Å². The van der Waals surface area contributed by atoms with E-state index < -0.39 is 0 Å². The van der Waals surface area contributed by atoms with E-state index in [1.807, 2.05) is 17.9 Å². The van der Waals surface area contributed by atoms with Crippen LogP contribution in [0, 0.1) is 12.3 Å². The Bertz CT molecular complexity index is 764. The normalized spacial score (nSPS) is 23.9. The molecule has 1 amide bonds. The lowest BCUT2D eigenvalue weighted by Crippen LogP contribution is -2.52. The highest BCUT2D eigenvalue weighted by molar-refractivity contribution is 5.92. The van der Waals surface area contributed by atoms with Crippen molar-refractivity contribution in [1.82, 2.24) is 25.1 Å². The number of ether oxygens (including phenoxy) is 1. The maximum atomic E-state index is 12.8. The molecule has 138 valence electrons. The van der Waals surface area contributed by atoms with Gasteiger partial charge >= 0.3 is 0 Å². The second-order valence-corrected chi connectivity index (χ2v) is 7.29. The van der Waals surface area contributed by atoms with Gasteiger partial charge in [0.15, 0.2) is 0 Å². The van der Waals surface area contributed by atoms with Crippen molar-refractivity contribution in [2.45, 2.75) is 19.8 Å². The first-order chi connectivity index (χ1) is 12.7. The highest BCUT2D eigenvalue weighted by Crippen LogP contribution is 2.34. The van der Waals surface area contributed by atoms with E-state index in [0.29, 0.717) is 25.5 Å². The van der Waals surface area contributed by atoms with Crippen molar-refractivity contribution in [1.29, 1.82) is 0 Å². The Morgan fingerprint density at radius 2 is 2.12 bits per heavy atom. The summed E-state index contributed by atoms with van der Waals surface area (Å²) in [6, 6.07) is 3.62. The zero-order valence-corrected chi connectivity index (χ0v) is 15.0. The summed E-state index contributed by atoms with van der Waals surface area (Å²) < 4.78 is 5.92. The first-order valence-corrected chi connectivity index (χ1v) is 9.06. The van der Waals surface area contributed by atoms with Crippen molar-refractivity contribution >= 4 is 11.9 Å². The molecule has 1 atom stereocenters. The summed E-state index contributed by atoms with van der Waals surface area (Å²) in [6.07, 6.45) is 5.51. The van der Waals surface area contributed by atoms with Crippen molar-refractivity contribution < 1.29 is 9.53 Å². The molecule has 0 aliphatic carbocycles. The van der Waals surface area contributed by atoms with Gasteiger partial charge in [0.05, 0.1) is 13.2 Å².